The van der Waals surface area contributed by atoms with Gasteiger partial charge in [0.1, 0.15) is 6.29 Å². The van der Waals surface area contributed by atoms with Crippen molar-refractivity contribution in [2.24, 2.45) is 0 Å². The first kappa shape index (κ1) is 9.37. The summed E-state index contributed by atoms with van der Waals surface area (Å²) in [5.41, 5.74) is 2.76. The molecule has 0 atom stereocenters. The molecule has 1 nitrogen and oxygen atoms in total. The van der Waals surface area contributed by atoms with Crippen LogP contribution in [0.5, 0.6) is 0 Å². The van der Waals surface area contributed by atoms with Gasteiger partial charge in [0, 0.05) is 5.57 Å². The maximum Gasteiger partial charge on any atom is 0.149 e. The normalized spacial score (nSPS) is 12.9. The first-order valence-corrected chi connectivity index (χ1v) is 6.88. The molecule has 0 amide bonds. The van der Waals surface area contributed by atoms with E-state index >= 15 is 0 Å². The van der Waals surface area contributed by atoms with Crippen LogP contribution in [0.4, 0.5) is 0 Å². The zero-order valence-electron chi connectivity index (χ0n) is 6.85. The van der Waals surface area contributed by atoms with Crippen molar-refractivity contribution in [1.82, 2.24) is 0 Å². The smallest absolute Gasteiger partial charge is 0.149 e. The van der Waals surface area contributed by atoms with E-state index < -0.39 is 8.07 Å². The third-order valence-electron chi connectivity index (χ3n) is 0.971. The molecule has 0 aliphatic rings. The minimum Gasteiger partial charge on any atom is -0.298 e. The first-order valence-electron chi connectivity index (χ1n) is 3.30. The van der Waals surface area contributed by atoms with Crippen molar-refractivity contribution >= 4 is 14.4 Å². The van der Waals surface area contributed by atoms with E-state index in [0.29, 0.717) is 0 Å². The van der Waals surface area contributed by atoms with Crippen LogP contribution in [0.1, 0.15) is 0 Å². The minimum absolute atomic E-state index is 0.721. The molecule has 56 valence electrons. The maximum atomic E-state index is 10.3. The van der Waals surface area contributed by atoms with E-state index in [-0.39, 0.29) is 0 Å². The molecule has 0 aromatic heterocycles. The molecule has 0 spiro atoms. The van der Waals surface area contributed by atoms with Crippen molar-refractivity contribution in [2.75, 3.05) is 0 Å². The van der Waals surface area contributed by atoms with Gasteiger partial charge >= 0.3 is 0 Å². The van der Waals surface area contributed by atoms with Crippen molar-refractivity contribution in [1.29, 1.82) is 0 Å². The van der Waals surface area contributed by atoms with Gasteiger partial charge in [-0.1, -0.05) is 38.0 Å². The molecule has 0 rings (SSSR count). The summed E-state index contributed by atoms with van der Waals surface area (Å²) in [4.78, 5) is 10.3. The zero-order chi connectivity index (χ0) is 8.20. The van der Waals surface area contributed by atoms with E-state index in [1.807, 2.05) is 5.70 Å². The minimum atomic E-state index is -1.23. The molecule has 10 heavy (non-hydrogen) atoms. The highest BCUT2D eigenvalue weighted by atomic mass is 28.3. The average molecular weight is 154 g/mol. The predicted molar refractivity (Wildman–Crippen MR) is 47.7 cm³/mol. The fraction of sp³-hybridized carbons (Fsp3) is 0.375. The van der Waals surface area contributed by atoms with E-state index in [9.17, 15) is 4.79 Å². The van der Waals surface area contributed by atoms with Gasteiger partial charge in [0.05, 0.1) is 8.07 Å². The number of allylic oxidation sites excluding steroid dienone is 2. The average Bonchev–Trinajstić information content (AvgIpc) is 1.81. The van der Waals surface area contributed by atoms with Crippen LogP contribution in [0.15, 0.2) is 23.9 Å². The lowest BCUT2D eigenvalue weighted by Crippen LogP contribution is -2.16. The lowest BCUT2D eigenvalue weighted by molar-refractivity contribution is -0.104. The molecule has 2 heteroatoms. The van der Waals surface area contributed by atoms with E-state index in [4.69, 9.17) is 0 Å². The van der Waals surface area contributed by atoms with E-state index in [0.717, 1.165) is 11.9 Å². The molecule has 0 aliphatic carbocycles. The van der Waals surface area contributed by atoms with Crippen LogP contribution in [-0.4, -0.2) is 14.4 Å². The quantitative estimate of drug-likeness (QED) is 0.263. The Kier molecular flexibility index (Phi) is 3.29. The first-order chi connectivity index (χ1) is 4.49. The molecule has 0 aromatic carbocycles. The van der Waals surface area contributed by atoms with E-state index in [1.54, 1.807) is 6.08 Å². The Balaban J connectivity index is 4.39. The topological polar surface area (TPSA) is 17.1 Å². The van der Waals surface area contributed by atoms with Crippen LogP contribution in [0.2, 0.25) is 19.6 Å². The molecule has 0 saturated heterocycles. The summed E-state index contributed by atoms with van der Waals surface area (Å²) in [5.74, 6) is 0. The van der Waals surface area contributed by atoms with Gasteiger partial charge in [0.15, 0.2) is 0 Å². The molecular weight excluding hydrogens is 140 g/mol. The number of rotatable bonds is 3. The third kappa shape index (κ3) is 4.27. The van der Waals surface area contributed by atoms with Crippen LogP contribution >= 0.6 is 0 Å². The summed E-state index contributed by atoms with van der Waals surface area (Å²) in [6, 6.07) is 0. The number of carbonyl (C=O) groups is 1. The lowest BCUT2D eigenvalue weighted by Gasteiger charge is -2.08. The van der Waals surface area contributed by atoms with Gasteiger partial charge in [-0.15, -0.1) is 0 Å². The Morgan fingerprint density at radius 2 is 1.90 bits per heavy atom. The molecule has 0 radical (unpaired) electrons. The third-order valence-corrected chi connectivity index (χ3v) is 2.17. The Morgan fingerprint density at radius 1 is 1.40 bits per heavy atom. The SMILES string of the molecule is C=C/C(C=O)=C\[Si](C)(C)C. The van der Waals surface area contributed by atoms with E-state index in [1.165, 1.54) is 0 Å². The second-order valence-electron chi connectivity index (χ2n) is 3.33. The second kappa shape index (κ2) is 3.51. The maximum absolute atomic E-state index is 10.3. The van der Waals surface area contributed by atoms with Crippen LogP contribution in [0.3, 0.4) is 0 Å². The Bertz CT molecular complexity index is 153. The summed E-state index contributed by atoms with van der Waals surface area (Å²) in [5, 5.41) is 0. The number of hydrogen-bond acceptors (Lipinski definition) is 1. The molecule has 0 N–H and O–H groups in total. The summed E-state index contributed by atoms with van der Waals surface area (Å²) < 4.78 is 0. The van der Waals surface area contributed by atoms with Gasteiger partial charge in [-0.05, 0) is 0 Å². The molecule has 0 fully saturated rings. The molecule has 0 aromatic rings. The Morgan fingerprint density at radius 3 is 2.00 bits per heavy atom. The van der Waals surface area contributed by atoms with Gasteiger partial charge in [-0.2, -0.15) is 0 Å². The van der Waals surface area contributed by atoms with Crippen LogP contribution in [-0.2, 0) is 4.79 Å². The molecule has 0 saturated carbocycles. The summed E-state index contributed by atoms with van der Waals surface area (Å²) >= 11 is 0. The van der Waals surface area contributed by atoms with Gasteiger partial charge in [-0.3, -0.25) is 4.79 Å². The molecule has 0 unspecified atom stereocenters. The number of carbonyl (C=O) groups excluding carboxylic acids is 1. The monoisotopic (exact) mass is 154 g/mol. The number of hydrogen-bond donors (Lipinski definition) is 0. The van der Waals surface area contributed by atoms with Gasteiger partial charge in [-0.25, -0.2) is 0 Å². The molecule has 0 bridgehead atoms. The molecule has 0 heterocycles. The van der Waals surface area contributed by atoms with Crippen molar-refractivity contribution in [2.45, 2.75) is 19.6 Å². The fourth-order valence-corrected chi connectivity index (χ4v) is 1.83. The molecular formula is C8H14OSi. The van der Waals surface area contributed by atoms with Crippen LogP contribution in [0.25, 0.3) is 0 Å². The van der Waals surface area contributed by atoms with Crippen molar-refractivity contribution in [3.8, 4) is 0 Å². The Hall–Kier alpha value is -0.633. The Labute approximate surface area is 63.5 Å². The summed E-state index contributed by atoms with van der Waals surface area (Å²) in [6.45, 7) is 10.1. The van der Waals surface area contributed by atoms with Crippen LogP contribution < -0.4 is 0 Å². The zero-order valence-corrected chi connectivity index (χ0v) is 7.85. The van der Waals surface area contributed by atoms with Gasteiger partial charge in [0.2, 0.25) is 0 Å². The highest BCUT2D eigenvalue weighted by molar-refractivity contribution is 6.81. The largest absolute Gasteiger partial charge is 0.298 e. The second-order valence-corrected chi connectivity index (χ2v) is 8.35. The highest BCUT2D eigenvalue weighted by Crippen LogP contribution is 2.05. The fourth-order valence-electron chi connectivity index (χ4n) is 0.641. The summed E-state index contributed by atoms with van der Waals surface area (Å²) in [7, 11) is -1.23. The van der Waals surface area contributed by atoms with Gasteiger partial charge < -0.3 is 0 Å². The number of aldehydes is 1. The van der Waals surface area contributed by atoms with Crippen molar-refractivity contribution < 1.29 is 4.79 Å². The van der Waals surface area contributed by atoms with Crippen molar-refractivity contribution in [3.63, 3.8) is 0 Å². The standard InChI is InChI=1S/C8H14OSi/c1-5-8(6-9)7-10(2,3)4/h5-7H,1H2,2-4H3/b8-7+. The molecule has 0 aliphatic heterocycles. The van der Waals surface area contributed by atoms with E-state index in [2.05, 4.69) is 26.2 Å². The van der Waals surface area contributed by atoms with Crippen LogP contribution in [0, 0.1) is 0 Å². The highest BCUT2D eigenvalue weighted by Gasteiger charge is 2.08. The predicted octanol–water partition coefficient (Wildman–Crippen LogP) is 2.18. The summed E-state index contributed by atoms with van der Waals surface area (Å²) in [6.07, 6.45) is 2.45. The van der Waals surface area contributed by atoms with Gasteiger partial charge in [0.25, 0.3) is 0 Å². The lowest BCUT2D eigenvalue weighted by atomic mass is 10.3. The van der Waals surface area contributed by atoms with Crippen molar-refractivity contribution in [3.05, 3.63) is 23.9 Å².